The molecule has 3 aromatic rings. The molecule has 0 aromatic heterocycles. The first-order valence-corrected chi connectivity index (χ1v) is 9.57. The number of aryl methyl sites for hydroxylation is 1. The van der Waals surface area contributed by atoms with Crippen molar-refractivity contribution in [2.75, 3.05) is 12.4 Å². The number of anilines is 1. The maximum Gasteiger partial charge on any atom is 0.255 e. The molecule has 4 nitrogen and oxygen atoms in total. The topological polar surface area (TPSA) is 47.6 Å². The van der Waals surface area contributed by atoms with Gasteiger partial charge in [0.2, 0.25) is 0 Å². The van der Waals surface area contributed by atoms with E-state index in [0.717, 1.165) is 20.4 Å². The summed E-state index contributed by atoms with van der Waals surface area (Å²) < 4.78 is 12.2. The minimum atomic E-state index is -0.191. The first-order valence-electron chi connectivity index (χ1n) is 8.49. The van der Waals surface area contributed by atoms with E-state index in [1.54, 1.807) is 19.2 Å². The highest BCUT2D eigenvalue weighted by Crippen LogP contribution is 2.34. The van der Waals surface area contributed by atoms with Gasteiger partial charge in [-0.2, -0.15) is 0 Å². The second-order valence-corrected chi connectivity index (χ2v) is 7.25. The van der Waals surface area contributed by atoms with Crippen molar-refractivity contribution in [2.24, 2.45) is 0 Å². The average molecular weight is 473 g/mol. The molecule has 0 saturated carbocycles. The van der Waals surface area contributed by atoms with Crippen LogP contribution in [0.1, 0.15) is 21.5 Å². The molecule has 0 fully saturated rings. The van der Waals surface area contributed by atoms with E-state index in [4.69, 9.17) is 9.47 Å². The number of carbonyl (C=O) groups is 1. The van der Waals surface area contributed by atoms with Crippen LogP contribution in [0.15, 0.2) is 66.7 Å². The van der Waals surface area contributed by atoms with Gasteiger partial charge in [-0.25, -0.2) is 0 Å². The second kappa shape index (κ2) is 8.90. The molecule has 27 heavy (non-hydrogen) atoms. The molecule has 5 heteroatoms. The Morgan fingerprint density at radius 3 is 2.41 bits per heavy atom. The van der Waals surface area contributed by atoms with Crippen molar-refractivity contribution < 1.29 is 14.3 Å². The zero-order valence-electron chi connectivity index (χ0n) is 15.2. The highest BCUT2D eigenvalue weighted by molar-refractivity contribution is 14.1. The molecule has 0 bridgehead atoms. The third kappa shape index (κ3) is 5.01. The summed E-state index contributed by atoms with van der Waals surface area (Å²) in [6, 6.07) is 21.1. The van der Waals surface area contributed by atoms with Gasteiger partial charge in [0, 0.05) is 11.3 Å². The van der Waals surface area contributed by atoms with E-state index >= 15 is 0 Å². The Morgan fingerprint density at radius 1 is 1.04 bits per heavy atom. The van der Waals surface area contributed by atoms with Crippen molar-refractivity contribution >= 4 is 34.2 Å². The van der Waals surface area contributed by atoms with E-state index in [1.807, 2.05) is 61.5 Å². The predicted molar refractivity (Wildman–Crippen MR) is 116 cm³/mol. The minimum Gasteiger partial charge on any atom is -0.492 e. The van der Waals surface area contributed by atoms with E-state index in [9.17, 15) is 4.79 Å². The van der Waals surface area contributed by atoms with Gasteiger partial charge in [0.1, 0.15) is 6.61 Å². The molecule has 3 aromatic carbocycles. The lowest BCUT2D eigenvalue weighted by Gasteiger charge is -2.14. The van der Waals surface area contributed by atoms with Gasteiger partial charge in [0.05, 0.1) is 10.7 Å². The van der Waals surface area contributed by atoms with Gasteiger partial charge in [0.15, 0.2) is 11.5 Å². The highest BCUT2D eigenvalue weighted by Gasteiger charge is 2.16. The van der Waals surface area contributed by atoms with Gasteiger partial charge in [0.25, 0.3) is 5.91 Å². The first kappa shape index (κ1) is 19.2. The summed E-state index contributed by atoms with van der Waals surface area (Å²) in [5, 5.41) is 2.91. The summed E-state index contributed by atoms with van der Waals surface area (Å²) >= 11 is 2.15. The van der Waals surface area contributed by atoms with Gasteiger partial charge < -0.3 is 14.8 Å². The Bertz CT molecular complexity index is 924. The number of ether oxygens (including phenoxy) is 2. The van der Waals surface area contributed by atoms with E-state index < -0.39 is 0 Å². The fourth-order valence-corrected chi connectivity index (χ4v) is 3.40. The normalized spacial score (nSPS) is 10.3. The van der Waals surface area contributed by atoms with Crippen LogP contribution in [0.3, 0.4) is 0 Å². The van der Waals surface area contributed by atoms with Crippen molar-refractivity contribution in [3.63, 3.8) is 0 Å². The van der Waals surface area contributed by atoms with E-state index in [1.165, 1.54) is 0 Å². The van der Waals surface area contributed by atoms with E-state index in [2.05, 4.69) is 27.9 Å². The van der Waals surface area contributed by atoms with Crippen molar-refractivity contribution in [3.05, 3.63) is 87.0 Å². The maximum absolute atomic E-state index is 12.7. The zero-order chi connectivity index (χ0) is 19.2. The third-order valence-electron chi connectivity index (χ3n) is 4.02. The van der Waals surface area contributed by atoms with Crippen LogP contribution in [0, 0.1) is 10.5 Å². The van der Waals surface area contributed by atoms with Crippen LogP contribution in [0.2, 0.25) is 0 Å². The Kier molecular flexibility index (Phi) is 6.34. The molecule has 3 rings (SSSR count). The van der Waals surface area contributed by atoms with Gasteiger partial charge in [-0.15, -0.1) is 0 Å². The van der Waals surface area contributed by atoms with Gasteiger partial charge in [-0.3, -0.25) is 4.79 Å². The summed E-state index contributed by atoms with van der Waals surface area (Å²) in [6.45, 7) is 2.41. The number of methoxy groups -OCH3 is 1. The fraction of sp³-hybridized carbons (Fsp3) is 0.136. The zero-order valence-corrected chi connectivity index (χ0v) is 17.3. The largest absolute Gasteiger partial charge is 0.492 e. The first-order chi connectivity index (χ1) is 13.1. The standard InChI is InChI=1S/C22H20INO3/c1-15-8-10-18(11-9-15)24-22(25)17-12-19(23)21(26-2)20(13-17)27-14-16-6-4-3-5-7-16/h3-13H,14H2,1-2H3,(H,24,25). The van der Waals surface area contributed by atoms with Crippen LogP contribution in [0.4, 0.5) is 5.69 Å². The molecule has 0 aliphatic heterocycles. The van der Waals surface area contributed by atoms with Crippen molar-refractivity contribution in [1.29, 1.82) is 0 Å². The van der Waals surface area contributed by atoms with Crippen LogP contribution in [-0.4, -0.2) is 13.0 Å². The minimum absolute atomic E-state index is 0.191. The SMILES string of the molecule is COc1c(I)cc(C(=O)Nc2ccc(C)cc2)cc1OCc1ccccc1. The average Bonchev–Trinajstić information content (AvgIpc) is 2.68. The maximum atomic E-state index is 12.7. The second-order valence-electron chi connectivity index (χ2n) is 6.08. The molecular formula is C22H20INO3. The molecule has 1 N–H and O–H groups in total. The Balaban J connectivity index is 1.82. The number of hydrogen-bond acceptors (Lipinski definition) is 3. The summed E-state index contributed by atoms with van der Waals surface area (Å²) in [7, 11) is 1.60. The number of benzene rings is 3. The molecule has 0 aliphatic carbocycles. The molecule has 0 saturated heterocycles. The molecule has 1 amide bonds. The molecule has 0 atom stereocenters. The molecule has 0 aliphatic rings. The number of carbonyl (C=O) groups excluding carboxylic acids is 1. The monoisotopic (exact) mass is 473 g/mol. The number of nitrogens with one attached hydrogen (secondary N) is 1. The molecule has 138 valence electrons. The predicted octanol–water partition coefficient (Wildman–Crippen LogP) is 5.44. The molecular weight excluding hydrogens is 453 g/mol. The Hall–Kier alpha value is -2.54. The van der Waals surface area contributed by atoms with Crippen LogP contribution < -0.4 is 14.8 Å². The van der Waals surface area contributed by atoms with E-state index in [-0.39, 0.29) is 5.91 Å². The Morgan fingerprint density at radius 2 is 1.74 bits per heavy atom. The molecule has 0 heterocycles. The lowest BCUT2D eigenvalue weighted by atomic mass is 10.1. The summed E-state index contributed by atoms with van der Waals surface area (Å²) in [5.74, 6) is 0.977. The van der Waals surface area contributed by atoms with Gasteiger partial charge in [-0.1, -0.05) is 48.0 Å². The van der Waals surface area contributed by atoms with Crippen molar-refractivity contribution in [2.45, 2.75) is 13.5 Å². The van der Waals surface area contributed by atoms with Crippen molar-refractivity contribution in [3.8, 4) is 11.5 Å². The van der Waals surface area contributed by atoms with Crippen LogP contribution in [0.25, 0.3) is 0 Å². The highest BCUT2D eigenvalue weighted by atomic mass is 127. The molecule has 0 spiro atoms. The smallest absolute Gasteiger partial charge is 0.255 e. The Labute approximate surface area is 172 Å². The third-order valence-corrected chi connectivity index (χ3v) is 4.82. The summed E-state index contributed by atoms with van der Waals surface area (Å²) in [4.78, 5) is 12.7. The fourth-order valence-electron chi connectivity index (χ4n) is 2.58. The number of rotatable bonds is 6. The van der Waals surface area contributed by atoms with Crippen LogP contribution in [0.5, 0.6) is 11.5 Å². The quantitative estimate of drug-likeness (QED) is 0.486. The van der Waals surface area contributed by atoms with Crippen LogP contribution in [-0.2, 0) is 6.61 Å². The lowest BCUT2D eigenvalue weighted by molar-refractivity contribution is 0.102. The number of amides is 1. The summed E-state index contributed by atoms with van der Waals surface area (Å²) in [6.07, 6.45) is 0. The van der Waals surface area contributed by atoms with Crippen molar-refractivity contribution in [1.82, 2.24) is 0 Å². The van der Waals surface area contributed by atoms with Gasteiger partial charge in [-0.05, 0) is 59.3 Å². The molecule has 0 radical (unpaired) electrons. The number of hydrogen-bond donors (Lipinski definition) is 1. The molecule has 0 unspecified atom stereocenters. The lowest BCUT2D eigenvalue weighted by Crippen LogP contribution is -2.13. The van der Waals surface area contributed by atoms with Gasteiger partial charge >= 0.3 is 0 Å². The number of halogens is 1. The van der Waals surface area contributed by atoms with Crippen LogP contribution >= 0.6 is 22.6 Å². The van der Waals surface area contributed by atoms with E-state index in [0.29, 0.717) is 23.7 Å². The summed E-state index contributed by atoms with van der Waals surface area (Å²) in [5.41, 5.74) is 3.46.